The van der Waals surface area contributed by atoms with Crippen molar-refractivity contribution in [3.63, 3.8) is 0 Å². The zero-order chi connectivity index (χ0) is 14.1. The molecule has 1 aromatic rings. The van der Waals surface area contributed by atoms with Gasteiger partial charge >= 0.3 is 0 Å². The molecule has 8 heteroatoms. The minimum absolute atomic E-state index is 0.329. The third-order valence-corrected chi connectivity index (χ3v) is 2.39. The van der Waals surface area contributed by atoms with E-state index >= 15 is 0 Å². The fourth-order valence-corrected chi connectivity index (χ4v) is 1.40. The zero-order valence-corrected chi connectivity index (χ0v) is 11.4. The van der Waals surface area contributed by atoms with Crippen molar-refractivity contribution in [2.75, 3.05) is 41.2 Å². The molecule has 1 atom stereocenters. The van der Waals surface area contributed by atoms with Crippen LogP contribution in [0.5, 0.6) is 11.8 Å². The normalized spacial score (nSPS) is 12.2. The molecular weight excluding hydrogens is 252 g/mol. The van der Waals surface area contributed by atoms with Crippen molar-refractivity contribution < 1.29 is 18.9 Å². The van der Waals surface area contributed by atoms with Crippen LogP contribution < -0.4 is 20.7 Å². The summed E-state index contributed by atoms with van der Waals surface area (Å²) in [4.78, 5) is 8.36. The van der Waals surface area contributed by atoms with E-state index in [0.717, 1.165) is 0 Å². The van der Waals surface area contributed by atoms with Crippen molar-refractivity contribution in [3.05, 3.63) is 11.9 Å². The Balaban J connectivity index is 2.73. The summed E-state index contributed by atoms with van der Waals surface area (Å²) < 4.78 is 20.5. The SMILES string of the molecule is COCCOCC(NN)c1ncc(OC)nc1OC. The molecule has 0 bridgehead atoms. The second-order valence-corrected chi connectivity index (χ2v) is 3.59. The van der Waals surface area contributed by atoms with Crippen LogP contribution >= 0.6 is 0 Å². The lowest BCUT2D eigenvalue weighted by Crippen LogP contribution is -2.33. The Kier molecular flexibility index (Phi) is 7.04. The first kappa shape index (κ1) is 15.6. The van der Waals surface area contributed by atoms with Gasteiger partial charge in [-0.1, -0.05) is 0 Å². The Morgan fingerprint density at radius 3 is 2.63 bits per heavy atom. The Morgan fingerprint density at radius 1 is 1.26 bits per heavy atom. The predicted octanol–water partition coefficient (Wildman–Crippen LogP) is -0.339. The maximum Gasteiger partial charge on any atom is 0.240 e. The lowest BCUT2D eigenvalue weighted by atomic mass is 10.2. The van der Waals surface area contributed by atoms with E-state index in [-0.39, 0.29) is 6.04 Å². The summed E-state index contributed by atoms with van der Waals surface area (Å²) >= 11 is 0. The van der Waals surface area contributed by atoms with E-state index in [2.05, 4.69) is 15.4 Å². The van der Waals surface area contributed by atoms with E-state index in [1.807, 2.05) is 0 Å². The summed E-state index contributed by atoms with van der Waals surface area (Å²) in [5.74, 6) is 6.21. The second-order valence-electron chi connectivity index (χ2n) is 3.59. The van der Waals surface area contributed by atoms with Crippen molar-refractivity contribution in [2.24, 2.45) is 5.84 Å². The third-order valence-electron chi connectivity index (χ3n) is 2.39. The number of ether oxygens (including phenoxy) is 4. The van der Waals surface area contributed by atoms with Gasteiger partial charge in [-0.25, -0.2) is 10.4 Å². The molecule has 0 aliphatic heterocycles. The van der Waals surface area contributed by atoms with Gasteiger partial charge in [0.15, 0.2) is 0 Å². The molecule has 0 saturated carbocycles. The van der Waals surface area contributed by atoms with Gasteiger partial charge in [-0.3, -0.25) is 5.84 Å². The molecule has 19 heavy (non-hydrogen) atoms. The van der Waals surface area contributed by atoms with Gasteiger partial charge in [0.25, 0.3) is 0 Å². The number of hydrogen-bond donors (Lipinski definition) is 2. The topological polar surface area (TPSA) is 101 Å². The van der Waals surface area contributed by atoms with Crippen molar-refractivity contribution >= 4 is 0 Å². The number of nitrogens with two attached hydrogens (primary N) is 1. The molecule has 0 radical (unpaired) electrons. The average Bonchev–Trinajstić information content (AvgIpc) is 2.47. The summed E-state index contributed by atoms with van der Waals surface area (Å²) in [5, 5.41) is 0. The third kappa shape index (κ3) is 4.60. The minimum atomic E-state index is -0.329. The molecule has 0 aromatic carbocycles. The molecule has 1 rings (SSSR count). The molecule has 8 nitrogen and oxygen atoms in total. The molecule has 108 valence electrons. The van der Waals surface area contributed by atoms with Gasteiger partial charge in [-0.2, -0.15) is 4.98 Å². The Labute approximate surface area is 112 Å². The minimum Gasteiger partial charge on any atom is -0.480 e. The molecule has 1 aromatic heterocycles. The van der Waals surface area contributed by atoms with Gasteiger partial charge < -0.3 is 18.9 Å². The smallest absolute Gasteiger partial charge is 0.240 e. The predicted molar refractivity (Wildman–Crippen MR) is 67.9 cm³/mol. The second kappa shape index (κ2) is 8.59. The number of hydrazine groups is 1. The summed E-state index contributed by atoms with van der Waals surface area (Å²) in [6, 6.07) is -0.329. The molecule has 1 unspecified atom stereocenters. The highest BCUT2D eigenvalue weighted by Gasteiger charge is 2.19. The fourth-order valence-electron chi connectivity index (χ4n) is 1.40. The van der Waals surface area contributed by atoms with Crippen LogP contribution in [0.25, 0.3) is 0 Å². The first-order chi connectivity index (χ1) is 9.26. The molecule has 0 spiro atoms. The number of aromatic nitrogens is 2. The van der Waals surface area contributed by atoms with Crippen LogP contribution in [0, 0.1) is 0 Å². The monoisotopic (exact) mass is 272 g/mol. The van der Waals surface area contributed by atoms with Crippen LogP contribution in [0.1, 0.15) is 11.7 Å². The van der Waals surface area contributed by atoms with Crippen LogP contribution in [0.2, 0.25) is 0 Å². The lowest BCUT2D eigenvalue weighted by Gasteiger charge is -2.17. The molecule has 1 heterocycles. The summed E-state index contributed by atoms with van der Waals surface area (Å²) in [5.41, 5.74) is 3.18. The summed E-state index contributed by atoms with van der Waals surface area (Å²) in [6.45, 7) is 1.32. The van der Waals surface area contributed by atoms with E-state index in [1.165, 1.54) is 20.4 Å². The molecule has 0 amide bonds. The van der Waals surface area contributed by atoms with E-state index in [9.17, 15) is 0 Å². The van der Waals surface area contributed by atoms with Gasteiger partial charge in [-0.15, -0.1) is 0 Å². The largest absolute Gasteiger partial charge is 0.480 e. The highest BCUT2D eigenvalue weighted by Crippen LogP contribution is 2.22. The van der Waals surface area contributed by atoms with Gasteiger partial charge in [-0.05, 0) is 0 Å². The van der Waals surface area contributed by atoms with Gasteiger partial charge in [0.05, 0.1) is 46.3 Å². The fraction of sp³-hybridized carbons (Fsp3) is 0.636. The average molecular weight is 272 g/mol. The van der Waals surface area contributed by atoms with Crippen molar-refractivity contribution in [2.45, 2.75) is 6.04 Å². The zero-order valence-electron chi connectivity index (χ0n) is 11.4. The van der Waals surface area contributed by atoms with Crippen LogP contribution in [0.4, 0.5) is 0 Å². The van der Waals surface area contributed by atoms with Crippen molar-refractivity contribution in [1.82, 2.24) is 15.4 Å². The van der Waals surface area contributed by atoms with E-state index < -0.39 is 0 Å². The molecule has 0 aliphatic carbocycles. The summed E-state index contributed by atoms with van der Waals surface area (Å²) in [7, 11) is 4.63. The highest BCUT2D eigenvalue weighted by molar-refractivity contribution is 5.25. The van der Waals surface area contributed by atoms with Crippen LogP contribution in [-0.4, -0.2) is 51.1 Å². The van der Waals surface area contributed by atoms with Crippen LogP contribution in [0.15, 0.2) is 6.20 Å². The van der Waals surface area contributed by atoms with Crippen LogP contribution in [-0.2, 0) is 9.47 Å². The van der Waals surface area contributed by atoms with E-state index in [1.54, 1.807) is 7.11 Å². The van der Waals surface area contributed by atoms with Crippen LogP contribution in [0.3, 0.4) is 0 Å². The molecule has 0 fully saturated rings. The number of nitrogens with zero attached hydrogens (tertiary/aromatic N) is 2. The standard InChI is InChI=1S/C11H20N4O4/c1-16-4-5-19-7-8(15-12)10-11(18-3)14-9(17-2)6-13-10/h6,8,15H,4-5,7,12H2,1-3H3. The maximum atomic E-state index is 5.50. The molecule has 0 aliphatic rings. The molecule has 0 saturated heterocycles. The van der Waals surface area contributed by atoms with Gasteiger partial charge in [0.1, 0.15) is 5.69 Å². The summed E-state index contributed by atoms with van der Waals surface area (Å²) in [6.07, 6.45) is 1.50. The quantitative estimate of drug-likeness (QED) is 0.358. The van der Waals surface area contributed by atoms with E-state index in [0.29, 0.717) is 37.3 Å². The van der Waals surface area contributed by atoms with Gasteiger partial charge in [0, 0.05) is 7.11 Å². The first-order valence-electron chi connectivity index (χ1n) is 5.74. The number of hydrogen-bond acceptors (Lipinski definition) is 8. The van der Waals surface area contributed by atoms with Crippen molar-refractivity contribution in [1.29, 1.82) is 0 Å². The molecular formula is C11H20N4O4. The number of nitrogens with one attached hydrogen (secondary N) is 1. The highest BCUT2D eigenvalue weighted by atomic mass is 16.5. The number of methoxy groups -OCH3 is 3. The number of rotatable bonds is 9. The first-order valence-corrected chi connectivity index (χ1v) is 5.74. The van der Waals surface area contributed by atoms with E-state index in [4.69, 9.17) is 24.8 Å². The Morgan fingerprint density at radius 2 is 2.05 bits per heavy atom. The Bertz CT molecular complexity index is 378. The maximum absolute atomic E-state index is 5.50. The lowest BCUT2D eigenvalue weighted by molar-refractivity contribution is 0.0575. The molecule has 3 N–H and O–H groups in total. The van der Waals surface area contributed by atoms with Gasteiger partial charge in [0.2, 0.25) is 11.8 Å². The Hall–Kier alpha value is -1.48. The van der Waals surface area contributed by atoms with Crippen molar-refractivity contribution in [3.8, 4) is 11.8 Å².